The average molecular weight is 314 g/mol. The Morgan fingerprint density at radius 1 is 1.04 bits per heavy atom. The Kier molecular flexibility index (Phi) is 4.43. The maximum atomic E-state index is 10.7. The second kappa shape index (κ2) is 6.66. The monoisotopic (exact) mass is 314 g/mol. The lowest BCUT2D eigenvalue weighted by Gasteiger charge is -2.33. The molecule has 0 bridgehead atoms. The number of nitro benzene ring substituents is 1. The molecule has 0 atom stereocenters. The van der Waals surface area contributed by atoms with Gasteiger partial charge in [0.1, 0.15) is 12.3 Å². The summed E-state index contributed by atoms with van der Waals surface area (Å²) in [7, 11) is 0. The van der Waals surface area contributed by atoms with Gasteiger partial charge in [-0.2, -0.15) is 0 Å². The summed E-state index contributed by atoms with van der Waals surface area (Å²) in [5.41, 5.74) is 2.40. The standard InChI is InChI=1S/C17H19N3O3/c21-17-7-5-15(6-8-17)19-11-9-18(10-12-19)13-14-1-3-16(4-2-14)20(22)23/h1-8,21H,9-13H2/p+1. The van der Waals surface area contributed by atoms with E-state index >= 15 is 0 Å². The van der Waals surface area contributed by atoms with Gasteiger partial charge in [-0.25, -0.2) is 0 Å². The van der Waals surface area contributed by atoms with Crippen LogP contribution in [-0.4, -0.2) is 36.2 Å². The summed E-state index contributed by atoms with van der Waals surface area (Å²) in [6, 6.07) is 14.1. The molecule has 0 spiro atoms. The summed E-state index contributed by atoms with van der Waals surface area (Å²) in [5.74, 6) is 0.288. The second-order valence-electron chi connectivity index (χ2n) is 5.85. The van der Waals surface area contributed by atoms with Crippen molar-refractivity contribution in [3.63, 3.8) is 0 Å². The summed E-state index contributed by atoms with van der Waals surface area (Å²) in [6.07, 6.45) is 0. The number of benzene rings is 2. The number of nitro groups is 1. The van der Waals surface area contributed by atoms with Crippen molar-refractivity contribution in [1.82, 2.24) is 0 Å². The number of non-ortho nitro benzene ring substituents is 1. The molecule has 23 heavy (non-hydrogen) atoms. The smallest absolute Gasteiger partial charge is 0.269 e. The van der Waals surface area contributed by atoms with Crippen molar-refractivity contribution in [2.24, 2.45) is 0 Å². The minimum absolute atomic E-state index is 0.140. The Morgan fingerprint density at radius 2 is 1.65 bits per heavy atom. The first kappa shape index (κ1) is 15.3. The van der Waals surface area contributed by atoms with Crippen LogP contribution in [0.2, 0.25) is 0 Å². The van der Waals surface area contributed by atoms with E-state index in [9.17, 15) is 15.2 Å². The van der Waals surface area contributed by atoms with Gasteiger partial charge < -0.3 is 14.9 Å². The predicted molar refractivity (Wildman–Crippen MR) is 87.8 cm³/mol. The van der Waals surface area contributed by atoms with E-state index in [1.165, 1.54) is 4.90 Å². The van der Waals surface area contributed by atoms with Crippen molar-refractivity contribution >= 4 is 11.4 Å². The molecule has 1 aliphatic heterocycles. The first-order chi connectivity index (χ1) is 11.1. The Labute approximate surface area is 134 Å². The van der Waals surface area contributed by atoms with Crippen molar-refractivity contribution in [2.75, 3.05) is 31.1 Å². The van der Waals surface area contributed by atoms with Gasteiger partial charge in [-0.15, -0.1) is 0 Å². The van der Waals surface area contributed by atoms with E-state index in [1.807, 2.05) is 24.3 Å². The molecule has 0 amide bonds. The van der Waals surface area contributed by atoms with E-state index in [0.29, 0.717) is 0 Å². The number of anilines is 1. The molecule has 2 aromatic carbocycles. The highest BCUT2D eigenvalue weighted by molar-refractivity contribution is 5.48. The molecule has 0 radical (unpaired) electrons. The largest absolute Gasteiger partial charge is 0.508 e. The lowest BCUT2D eigenvalue weighted by Crippen LogP contribution is -3.13. The number of hydrogen-bond donors (Lipinski definition) is 2. The highest BCUT2D eigenvalue weighted by Gasteiger charge is 2.20. The van der Waals surface area contributed by atoms with Gasteiger partial charge in [-0.05, 0) is 36.4 Å². The minimum atomic E-state index is -0.368. The molecule has 6 nitrogen and oxygen atoms in total. The zero-order valence-corrected chi connectivity index (χ0v) is 12.8. The molecule has 2 N–H and O–H groups in total. The van der Waals surface area contributed by atoms with Gasteiger partial charge >= 0.3 is 0 Å². The van der Waals surface area contributed by atoms with Gasteiger partial charge in [0.05, 0.1) is 31.1 Å². The SMILES string of the molecule is O=[N+]([O-])c1ccc(C[NH+]2CCN(c3ccc(O)cc3)CC2)cc1. The van der Waals surface area contributed by atoms with E-state index < -0.39 is 0 Å². The van der Waals surface area contributed by atoms with E-state index in [2.05, 4.69) is 4.90 Å². The van der Waals surface area contributed by atoms with Crippen LogP contribution in [0.5, 0.6) is 5.75 Å². The minimum Gasteiger partial charge on any atom is -0.508 e. The number of aromatic hydroxyl groups is 1. The maximum absolute atomic E-state index is 10.7. The molecule has 0 unspecified atom stereocenters. The molecule has 1 heterocycles. The molecule has 1 fully saturated rings. The molecule has 1 saturated heterocycles. The molecular formula is C17H20N3O3+. The van der Waals surface area contributed by atoms with Gasteiger partial charge in [0.25, 0.3) is 5.69 Å². The molecule has 0 saturated carbocycles. The lowest BCUT2D eigenvalue weighted by molar-refractivity contribution is -0.914. The first-order valence-corrected chi connectivity index (χ1v) is 7.73. The van der Waals surface area contributed by atoms with E-state index in [0.717, 1.165) is 44.0 Å². The topological polar surface area (TPSA) is 71.0 Å². The number of phenolic OH excluding ortho intramolecular Hbond substituents is 1. The summed E-state index contributed by atoms with van der Waals surface area (Å²) in [5, 5.41) is 20.0. The number of piperazine rings is 1. The van der Waals surface area contributed by atoms with Crippen molar-refractivity contribution in [3.8, 4) is 5.75 Å². The third-order valence-corrected chi connectivity index (χ3v) is 4.29. The van der Waals surface area contributed by atoms with Crippen molar-refractivity contribution in [1.29, 1.82) is 0 Å². The highest BCUT2D eigenvalue weighted by Crippen LogP contribution is 2.18. The maximum Gasteiger partial charge on any atom is 0.269 e. The van der Waals surface area contributed by atoms with Gasteiger partial charge in [0, 0.05) is 23.4 Å². The van der Waals surface area contributed by atoms with Crippen molar-refractivity contribution in [3.05, 3.63) is 64.2 Å². The quantitative estimate of drug-likeness (QED) is 0.657. The Bertz CT molecular complexity index is 662. The van der Waals surface area contributed by atoms with Crippen LogP contribution in [0.3, 0.4) is 0 Å². The second-order valence-corrected chi connectivity index (χ2v) is 5.85. The molecular weight excluding hydrogens is 294 g/mol. The summed E-state index contributed by atoms with van der Waals surface area (Å²) >= 11 is 0. The van der Waals surface area contributed by atoms with Crippen molar-refractivity contribution in [2.45, 2.75) is 6.54 Å². The third-order valence-electron chi connectivity index (χ3n) is 4.29. The van der Waals surface area contributed by atoms with Crippen LogP contribution >= 0.6 is 0 Å². The van der Waals surface area contributed by atoms with Crippen LogP contribution in [-0.2, 0) is 6.54 Å². The summed E-state index contributed by atoms with van der Waals surface area (Å²) in [6.45, 7) is 4.87. The number of phenols is 1. The van der Waals surface area contributed by atoms with Crippen LogP contribution in [0, 0.1) is 10.1 Å². The number of nitrogens with one attached hydrogen (secondary N) is 1. The van der Waals surface area contributed by atoms with Crippen molar-refractivity contribution < 1.29 is 14.9 Å². The summed E-state index contributed by atoms with van der Waals surface area (Å²) < 4.78 is 0. The predicted octanol–water partition coefficient (Wildman–Crippen LogP) is 1.21. The van der Waals surface area contributed by atoms with Crippen LogP contribution < -0.4 is 9.80 Å². The molecule has 1 aliphatic rings. The molecule has 2 aromatic rings. The Balaban J connectivity index is 1.54. The number of nitrogens with zero attached hydrogens (tertiary/aromatic N) is 2. The molecule has 0 aromatic heterocycles. The van der Waals surface area contributed by atoms with Crippen LogP contribution in [0.25, 0.3) is 0 Å². The van der Waals surface area contributed by atoms with Crippen LogP contribution in [0.4, 0.5) is 11.4 Å². The molecule has 6 heteroatoms. The van der Waals surface area contributed by atoms with Gasteiger partial charge in [-0.1, -0.05) is 0 Å². The fourth-order valence-electron chi connectivity index (χ4n) is 2.95. The van der Waals surface area contributed by atoms with E-state index in [-0.39, 0.29) is 16.4 Å². The third kappa shape index (κ3) is 3.78. The van der Waals surface area contributed by atoms with Crippen LogP contribution in [0.1, 0.15) is 5.56 Å². The van der Waals surface area contributed by atoms with E-state index in [4.69, 9.17) is 0 Å². The lowest BCUT2D eigenvalue weighted by atomic mass is 10.1. The van der Waals surface area contributed by atoms with Gasteiger partial charge in [-0.3, -0.25) is 10.1 Å². The summed E-state index contributed by atoms with van der Waals surface area (Å²) in [4.78, 5) is 14.1. The number of hydrogen-bond acceptors (Lipinski definition) is 4. The Morgan fingerprint density at radius 3 is 2.22 bits per heavy atom. The average Bonchev–Trinajstić information content (AvgIpc) is 2.57. The molecule has 3 rings (SSSR count). The number of rotatable bonds is 4. The zero-order valence-electron chi connectivity index (χ0n) is 12.8. The normalized spacial score (nSPS) is 15.6. The molecule has 120 valence electrons. The van der Waals surface area contributed by atoms with Crippen LogP contribution in [0.15, 0.2) is 48.5 Å². The van der Waals surface area contributed by atoms with Gasteiger partial charge in [0.2, 0.25) is 0 Å². The first-order valence-electron chi connectivity index (χ1n) is 7.73. The molecule has 0 aliphatic carbocycles. The fraction of sp³-hybridized carbons (Fsp3) is 0.294. The Hall–Kier alpha value is -2.60. The van der Waals surface area contributed by atoms with Gasteiger partial charge in [0.15, 0.2) is 0 Å². The zero-order chi connectivity index (χ0) is 16.2. The van der Waals surface area contributed by atoms with E-state index in [1.54, 1.807) is 24.3 Å². The fourth-order valence-corrected chi connectivity index (χ4v) is 2.95. The highest BCUT2D eigenvalue weighted by atomic mass is 16.6. The number of quaternary nitrogens is 1.